The highest BCUT2D eigenvalue weighted by Crippen LogP contribution is 2.23. The molecule has 1 unspecified atom stereocenters. The van der Waals surface area contributed by atoms with Crippen LogP contribution in [-0.2, 0) is 0 Å². The fraction of sp³-hybridized carbons (Fsp3) is 0.421. The zero-order valence-corrected chi connectivity index (χ0v) is 15.4. The van der Waals surface area contributed by atoms with Gasteiger partial charge >= 0.3 is 0 Å². The van der Waals surface area contributed by atoms with Crippen molar-refractivity contribution in [3.63, 3.8) is 0 Å². The van der Waals surface area contributed by atoms with E-state index in [4.69, 9.17) is 9.15 Å². The van der Waals surface area contributed by atoms with Crippen molar-refractivity contribution in [3.05, 3.63) is 46.9 Å². The van der Waals surface area contributed by atoms with Crippen LogP contribution in [0.3, 0.4) is 0 Å². The molecule has 0 saturated heterocycles. The Bertz CT molecular complexity index is 720. The lowest BCUT2D eigenvalue weighted by Crippen LogP contribution is -2.30. The second kappa shape index (κ2) is 8.18. The van der Waals surface area contributed by atoms with Crippen LogP contribution in [0.2, 0.25) is 0 Å². The van der Waals surface area contributed by atoms with Crippen molar-refractivity contribution in [2.75, 3.05) is 32.6 Å². The molecule has 6 nitrogen and oxygen atoms in total. The van der Waals surface area contributed by atoms with Gasteiger partial charge in [0.1, 0.15) is 30.0 Å². The van der Waals surface area contributed by atoms with E-state index in [0.29, 0.717) is 29.3 Å². The number of hydrogen-bond donors (Lipinski definition) is 2. The van der Waals surface area contributed by atoms with E-state index < -0.39 is 6.10 Å². The van der Waals surface area contributed by atoms with E-state index in [-0.39, 0.29) is 12.5 Å². The molecule has 136 valence electrons. The maximum Gasteiger partial charge on any atom is 0.259 e. The first-order valence-corrected chi connectivity index (χ1v) is 8.21. The van der Waals surface area contributed by atoms with E-state index in [1.165, 1.54) is 0 Å². The predicted molar refractivity (Wildman–Crippen MR) is 97.4 cm³/mol. The number of ether oxygens (including phenoxy) is 1. The number of aliphatic hydroxyl groups excluding tert-OH is 1. The highest BCUT2D eigenvalue weighted by Gasteiger charge is 2.18. The van der Waals surface area contributed by atoms with Gasteiger partial charge in [-0.3, -0.25) is 4.79 Å². The van der Waals surface area contributed by atoms with Gasteiger partial charge in [-0.1, -0.05) is 0 Å². The highest BCUT2D eigenvalue weighted by atomic mass is 16.5. The van der Waals surface area contributed by atoms with Gasteiger partial charge in [0.05, 0.1) is 5.56 Å². The first kappa shape index (κ1) is 19.0. The summed E-state index contributed by atoms with van der Waals surface area (Å²) in [5.41, 5.74) is 2.10. The molecule has 0 aliphatic carbocycles. The molecule has 2 N–H and O–H groups in total. The van der Waals surface area contributed by atoms with Crippen LogP contribution < -0.4 is 10.1 Å². The Balaban J connectivity index is 1.95. The third kappa shape index (κ3) is 5.08. The number of benzene rings is 1. The maximum absolute atomic E-state index is 12.4. The monoisotopic (exact) mass is 346 g/mol. The van der Waals surface area contributed by atoms with E-state index in [1.807, 2.05) is 32.8 Å². The van der Waals surface area contributed by atoms with Crippen LogP contribution in [0.4, 0.5) is 5.69 Å². The van der Waals surface area contributed by atoms with E-state index >= 15 is 0 Å². The smallest absolute Gasteiger partial charge is 0.259 e. The molecule has 0 aliphatic rings. The van der Waals surface area contributed by atoms with Crippen LogP contribution in [0.25, 0.3) is 0 Å². The molecule has 0 radical (unpaired) electrons. The molecule has 1 heterocycles. The number of hydrogen-bond acceptors (Lipinski definition) is 5. The number of furan rings is 1. The van der Waals surface area contributed by atoms with E-state index in [1.54, 1.807) is 31.2 Å². The lowest BCUT2D eigenvalue weighted by molar-refractivity contribution is 0.0831. The highest BCUT2D eigenvalue weighted by molar-refractivity contribution is 6.06. The Hall–Kier alpha value is -2.31. The summed E-state index contributed by atoms with van der Waals surface area (Å²) >= 11 is 0. The number of carbonyl (C=O) groups is 1. The Morgan fingerprint density at radius 1 is 1.20 bits per heavy atom. The molecule has 2 aromatic rings. The summed E-state index contributed by atoms with van der Waals surface area (Å²) in [6, 6.07) is 7.06. The van der Waals surface area contributed by atoms with Crippen LogP contribution in [0.5, 0.6) is 5.75 Å². The average molecular weight is 346 g/mol. The summed E-state index contributed by atoms with van der Waals surface area (Å²) in [6.45, 7) is 6.26. The standard InChI is InChI=1S/C19H26N2O4/c1-12-13(2)25-14(3)18(12)19(23)20-15-6-8-17(9-7-15)24-11-16(22)10-21(4)5/h6-9,16,22H,10-11H2,1-5H3,(H,20,23). The summed E-state index contributed by atoms with van der Waals surface area (Å²) in [5.74, 6) is 1.81. The Labute approximate surface area is 148 Å². The average Bonchev–Trinajstić information content (AvgIpc) is 2.78. The molecule has 25 heavy (non-hydrogen) atoms. The first-order chi connectivity index (χ1) is 11.8. The van der Waals surface area contributed by atoms with Crippen molar-refractivity contribution in [2.45, 2.75) is 26.9 Å². The lowest BCUT2D eigenvalue weighted by Gasteiger charge is -2.16. The van der Waals surface area contributed by atoms with Gasteiger partial charge < -0.3 is 24.5 Å². The number of likely N-dealkylation sites (N-methyl/N-ethyl adjacent to an activating group) is 1. The number of nitrogens with zero attached hydrogens (tertiary/aromatic N) is 1. The lowest BCUT2D eigenvalue weighted by atomic mass is 10.1. The van der Waals surface area contributed by atoms with Crippen LogP contribution in [0.15, 0.2) is 28.7 Å². The summed E-state index contributed by atoms with van der Waals surface area (Å²) in [5, 5.41) is 12.7. The van der Waals surface area contributed by atoms with Gasteiger partial charge in [-0.15, -0.1) is 0 Å². The number of amides is 1. The largest absolute Gasteiger partial charge is 0.491 e. The number of aryl methyl sites for hydroxylation is 2. The van der Waals surface area contributed by atoms with Gasteiger partial charge in [-0.2, -0.15) is 0 Å². The van der Waals surface area contributed by atoms with Gasteiger partial charge in [0.2, 0.25) is 0 Å². The minimum absolute atomic E-state index is 0.193. The minimum Gasteiger partial charge on any atom is -0.491 e. The van der Waals surface area contributed by atoms with E-state index in [2.05, 4.69) is 5.32 Å². The summed E-state index contributed by atoms with van der Waals surface area (Å²) in [4.78, 5) is 14.3. The van der Waals surface area contributed by atoms with Gasteiger partial charge in [0, 0.05) is 17.8 Å². The van der Waals surface area contributed by atoms with Crippen LogP contribution in [0.1, 0.15) is 27.4 Å². The van der Waals surface area contributed by atoms with Gasteiger partial charge in [-0.25, -0.2) is 0 Å². The Morgan fingerprint density at radius 3 is 2.36 bits per heavy atom. The molecule has 6 heteroatoms. The van der Waals surface area contributed by atoms with Gasteiger partial charge in [0.25, 0.3) is 5.91 Å². The SMILES string of the molecule is Cc1oc(C)c(C(=O)Nc2ccc(OCC(O)CN(C)C)cc2)c1C. The molecule has 2 rings (SSSR count). The number of rotatable bonds is 7. The first-order valence-electron chi connectivity index (χ1n) is 8.21. The Kier molecular flexibility index (Phi) is 6.22. The summed E-state index contributed by atoms with van der Waals surface area (Å²) < 4.78 is 11.0. The number of anilines is 1. The van der Waals surface area contributed by atoms with Crippen LogP contribution in [0, 0.1) is 20.8 Å². The van der Waals surface area contributed by atoms with E-state index in [0.717, 1.165) is 11.3 Å². The molecule has 0 bridgehead atoms. The molecule has 1 atom stereocenters. The normalized spacial score (nSPS) is 12.3. The molecule has 0 fully saturated rings. The van der Waals surface area contributed by atoms with Crippen molar-refractivity contribution in [1.82, 2.24) is 4.90 Å². The second-order valence-electron chi connectivity index (χ2n) is 6.42. The molecule has 1 aromatic heterocycles. The number of aliphatic hydroxyl groups is 1. The van der Waals surface area contributed by atoms with Crippen molar-refractivity contribution in [3.8, 4) is 5.75 Å². The topological polar surface area (TPSA) is 74.9 Å². The fourth-order valence-electron chi connectivity index (χ4n) is 2.62. The number of nitrogens with one attached hydrogen (secondary N) is 1. The van der Waals surface area contributed by atoms with Crippen molar-refractivity contribution >= 4 is 11.6 Å². The Morgan fingerprint density at radius 2 is 1.84 bits per heavy atom. The zero-order chi connectivity index (χ0) is 18.6. The molecule has 0 aliphatic heterocycles. The molecule has 1 amide bonds. The maximum atomic E-state index is 12.4. The predicted octanol–water partition coefficient (Wildman–Crippen LogP) is 2.76. The second-order valence-corrected chi connectivity index (χ2v) is 6.42. The van der Waals surface area contributed by atoms with Crippen molar-refractivity contribution < 1.29 is 19.1 Å². The van der Waals surface area contributed by atoms with Crippen LogP contribution in [-0.4, -0.2) is 49.3 Å². The molecule has 1 aromatic carbocycles. The van der Waals surface area contributed by atoms with Crippen LogP contribution >= 0.6 is 0 Å². The summed E-state index contributed by atoms with van der Waals surface area (Å²) in [6.07, 6.45) is -0.551. The molecular formula is C19H26N2O4. The van der Waals surface area contributed by atoms with E-state index in [9.17, 15) is 9.90 Å². The van der Waals surface area contributed by atoms with Gasteiger partial charge in [-0.05, 0) is 59.1 Å². The molecular weight excluding hydrogens is 320 g/mol. The molecule has 0 spiro atoms. The third-order valence-corrected chi connectivity index (χ3v) is 3.92. The number of carbonyl (C=O) groups excluding carboxylic acids is 1. The van der Waals surface area contributed by atoms with Crippen molar-refractivity contribution in [1.29, 1.82) is 0 Å². The fourth-order valence-corrected chi connectivity index (χ4v) is 2.62. The zero-order valence-electron chi connectivity index (χ0n) is 15.4. The molecule has 0 saturated carbocycles. The van der Waals surface area contributed by atoms with Gasteiger partial charge in [0.15, 0.2) is 0 Å². The minimum atomic E-state index is -0.551. The summed E-state index contributed by atoms with van der Waals surface area (Å²) in [7, 11) is 3.79. The van der Waals surface area contributed by atoms with Crippen molar-refractivity contribution in [2.24, 2.45) is 0 Å². The quantitative estimate of drug-likeness (QED) is 0.806. The third-order valence-electron chi connectivity index (χ3n) is 3.92.